The van der Waals surface area contributed by atoms with Crippen molar-refractivity contribution in [1.29, 1.82) is 0 Å². The van der Waals surface area contributed by atoms with Crippen LogP contribution in [0.4, 0.5) is 5.13 Å². The molecule has 0 spiro atoms. The number of fused-ring (bicyclic) bond motifs is 1. The van der Waals surface area contributed by atoms with E-state index in [0.29, 0.717) is 23.2 Å². The lowest BCUT2D eigenvalue weighted by Crippen LogP contribution is -2.24. The molecule has 2 aliphatic rings. The summed E-state index contributed by atoms with van der Waals surface area (Å²) < 4.78 is 24.8. The van der Waals surface area contributed by atoms with Gasteiger partial charge < -0.3 is 10.6 Å². The number of nitrogens with two attached hydrogens (primary N) is 1. The summed E-state index contributed by atoms with van der Waals surface area (Å²) in [5, 5.41) is 0.429. The van der Waals surface area contributed by atoms with Gasteiger partial charge in [0.1, 0.15) is 0 Å². The number of hydrogen-bond donors (Lipinski definition) is 1. The first kappa shape index (κ1) is 17.2. The maximum atomic E-state index is 12.9. The highest BCUT2D eigenvalue weighted by Gasteiger charge is 2.39. The zero-order chi connectivity index (χ0) is 18.8. The van der Waals surface area contributed by atoms with Crippen molar-refractivity contribution in [2.24, 2.45) is 5.92 Å². The van der Waals surface area contributed by atoms with Gasteiger partial charge in [-0.15, -0.1) is 0 Å². The third kappa shape index (κ3) is 2.73. The number of aryl methyl sites for hydroxylation is 1. The van der Waals surface area contributed by atoms with Crippen molar-refractivity contribution in [1.82, 2.24) is 9.88 Å². The third-order valence-electron chi connectivity index (χ3n) is 4.84. The molecule has 1 amide bonds. The Hall–Kier alpha value is -2.19. The zero-order valence-corrected chi connectivity index (χ0v) is 16.2. The highest BCUT2D eigenvalue weighted by molar-refractivity contribution is 7.90. The Morgan fingerprint density at radius 1 is 1.38 bits per heavy atom. The van der Waals surface area contributed by atoms with Crippen molar-refractivity contribution >= 4 is 32.2 Å². The van der Waals surface area contributed by atoms with E-state index in [-0.39, 0.29) is 16.4 Å². The second kappa shape index (κ2) is 5.65. The molecule has 1 saturated carbocycles. The summed E-state index contributed by atoms with van der Waals surface area (Å²) in [6, 6.07) is 3.44. The molecule has 26 heavy (non-hydrogen) atoms. The lowest BCUT2D eigenvalue weighted by atomic mass is 10.0. The lowest BCUT2D eigenvalue weighted by Gasteiger charge is -2.18. The number of benzene rings is 1. The Morgan fingerprint density at radius 3 is 2.62 bits per heavy atom. The molecule has 1 fully saturated rings. The molecule has 1 aromatic carbocycles. The molecule has 2 heterocycles. The van der Waals surface area contributed by atoms with Crippen LogP contribution in [0, 0.1) is 12.8 Å². The van der Waals surface area contributed by atoms with E-state index in [1.54, 1.807) is 11.0 Å². The number of nitrogen functional groups attached to an aromatic ring is 1. The van der Waals surface area contributed by atoms with Crippen LogP contribution in [0.3, 0.4) is 0 Å². The van der Waals surface area contributed by atoms with E-state index in [1.807, 2.05) is 13.0 Å². The minimum absolute atomic E-state index is 0.0625. The Balaban J connectivity index is 1.89. The number of hydrogen-bond acceptors (Lipinski definition) is 6. The summed E-state index contributed by atoms with van der Waals surface area (Å²) >= 11 is 1.31. The molecule has 2 aromatic rings. The van der Waals surface area contributed by atoms with Gasteiger partial charge in [-0.05, 0) is 48.9 Å². The molecule has 1 aliphatic heterocycles. The maximum absolute atomic E-state index is 12.9. The van der Waals surface area contributed by atoms with Crippen molar-refractivity contribution < 1.29 is 13.2 Å². The van der Waals surface area contributed by atoms with E-state index in [1.165, 1.54) is 11.3 Å². The van der Waals surface area contributed by atoms with E-state index in [9.17, 15) is 13.2 Å². The monoisotopic (exact) mass is 389 g/mol. The van der Waals surface area contributed by atoms with Gasteiger partial charge in [-0.3, -0.25) is 4.79 Å². The summed E-state index contributed by atoms with van der Waals surface area (Å²) in [5.74, 6) is 0.0578. The summed E-state index contributed by atoms with van der Waals surface area (Å²) in [6.07, 6.45) is 3.19. The summed E-state index contributed by atoms with van der Waals surface area (Å²) in [4.78, 5) is 19.6. The molecule has 6 nitrogen and oxygen atoms in total. The van der Waals surface area contributed by atoms with Gasteiger partial charge in [0, 0.05) is 12.0 Å². The number of carbonyl (C=O) groups is 1. The number of aromatic nitrogens is 1. The van der Waals surface area contributed by atoms with Gasteiger partial charge in [0.15, 0.2) is 15.0 Å². The first-order valence-electron chi connectivity index (χ1n) is 8.27. The average molecular weight is 390 g/mol. The number of sulfone groups is 1. The molecule has 8 heteroatoms. The van der Waals surface area contributed by atoms with Crippen LogP contribution in [0.15, 0.2) is 29.3 Å². The fraction of sp³-hybridized carbons (Fsp3) is 0.333. The molecule has 1 aliphatic carbocycles. The Bertz CT molecular complexity index is 1070. The van der Waals surface area contributed by atoms with Crippen LogP contribution >= 0.6 is 11.3 Å². The number of carbonyl (C=O) groups excluding carboxylic acids is 1. The van der Waals surface area contributed by atoms with Crippen LogP contribution in [-0.2, 0) is 16.4 Å². The van der Waals surface area contributed by atoms with Crippen molar-refractivity contribution in [3.63, 3.8) is 0 Å². The van der Waals surface area contributed by atoms with E-state index < -0.39 is 9.84 Å². The average Bonchev–Trinajstić information content (AvgIpc) is 3.27. The minimum atomic E-state index is -3.58. The van der Waals surface area contributed by atoms with Crippen molar-refractivity contribution in [3.05, 3.63) is 41.2 Å². The molecule has 1 aromatic heterocycles. The van der Waals surface area contributed by atoms with Crippen LogP contribution in [0.2, 0.25) is 0 Å². The van der Waals surface area contributed by atoms with Gasteiger partial charge in [-0.25, -0.2) is 13.4 Å². The highest BCUT2D eigenvalue weighted by atomic mass is 32.2. The zero-order valence-electron chi connectivity index (χ0n) is 14.6. The molecule has 0 radical (unpaired) electrons. The fourth-order valence-corrected chi connectivity index (χ4v) is 5.15. The topological polar surface area (TPSA) is 93.4 Å². The first-order chi connectivity index (χ1) is 12.2. The van der Waals surface area contributed by atoms with Crippen LogP contribution < -0.4 is 5.73 Å². The lowest BCUT2D eigenvalue weighted by molar-refractivity contribution is 0.0817. The Labute approximate surface area is 156 Å². The second-order valence-corrected chi connectivity index (χ2v) is 9.92. The second-order valence-electron chi connectivity index (χ2n) is 6.90. The Kier molecular flexibility index (Phi) is 3.75. The van der Waals surface area contributed by atoms with Gasteiger partial charge in [-0.1, -0.05) is 17.9 Å². The summed E-state index contributed by atoms with van der Waals surface area (Å²) in [5.41, 5.74) is 9.03. The number of thiazole rings is 1. The van der Waals surface area contributed by atoms with Crippen molar-refractivity contribution in [2.45, 2.75) is 31.2 Å². The normalized spacial score (nSPS) is 16.8. The molecule has 0 saturated heterocycles. The van der Waals surface area contributed by atoms with E-state index in [4.69, 9.17) is 5.73 Å². The van der Waals surface area contributed by atoms with Gasteiger partial charge >= 0.3 is 0 Å². The maximum Gasteiger partial charge on any atom is 0.259 e. The Morgan fingerprint density at radius 2 is 2.08 bits per heavy atom. The van der Waals surface area contributed by atoms with E-state index in [2.05, 4.69) is 11.6 Å². The largest absolute Gasteiger partial charge is 0.375 e. The van der Waals surface area contributed by atoms with Crippen molar-refractivity contribution in [2.75, 3.05) is 12.0 Å². The number of anilines is 1. The van der Waals surface area contributed by atoms with Crippen LogP contribution in [0.25, 0.3) is 10.4 Å². The number of amides is 1. The third-order valence-corrected chi connectivity index (χ3v) is 7.00. The predicted molar refractivity (Wildman–Crippen MR) is 102 cm³/mol. The molecular weight excluding hydrogens is 370 g/mol. The molecular formula is C18H19N3O3S2. The number of allylic oxidation sites excluding steroid dienone is 1. The van der Waals surface area contributed by atoms with E-state index >= 15 is 0 Å². The minimum Gasteiger partial charge on any atom is -0.375 e. The first-order valence-corrected chi connectivity index (χ1v) is 11.0. The van der Waals surface area contributed by atoms with Gasteiger partial charge in [0.2, 0.25) is 0 Å². The number of nitrogens with zero attached hydrogens (tertiary/aromatic N) is 2. The van der Waals surface area contributed by atoms with Crippen molar-refractivity contribution in [3.8, 4) is 10.4 Å². The van der Waals surface area contributed by atoms with Gasteiger partial charge in [0.25, 0.3) is 5.91 Å². The predicted octanol–water partition coefficient (Wildman–Crippen LogP) is 2.98. The molecule has 0 atom stereocenters. The summed E-state index contributed by atoms with van der Waals surface area (Å²) in [7, 11) is -3.58. The fourth-order valence-electron chi connectivity index (χ4n) is 3.40. The van der Waals surface area contributed by atoms with Crippen LogP contribution in [0.5, 0.6) is 0 Å². The SMILES string of the molecule is C=C(C1CC1)N1Cc2cc(-c3sc(N)nc3C)cc(S(C)(=O)=O)c2C1=O. The quantitative estimate of drug-likeness (QED) is 0.868. The smallest absolute Gasteiger partial charge is 0.259 e. The van der Waals surface area contributed by atoms with Gasteiger partial charge in [0.05, 0.1) is 27.6 Å². The standard InChI is InChI=1S/C18H19N3O3S2/c1-9-16(25-18(19)20-9)12-6-13-8-21(10(2)11-4-5-11)17(22)15(13)14(7-12)26(3,23)24/h6-7,11H,2,4-5,8H2,1,3H3,(H2,19,20). The molecule has 2 N–H and O–H groups in total. The van der Waals surface area contributed by atoms with Gasteiger partial charge in [-0.2, -0.15) is 0 Å². The van der Waals surface area contributed by atoms with Crippen LogP contribution in [0.1, 0.15) is 34.5 Å². The summed E-state index contributed by atoms with van der Waals surface area (Å²) in [6.45, 7) is 6.24. The molecule has 136 valence electrons. The van der Waals surface area contributed by atoms with E-state index in [0.717, 1.165) is 40.9 Å². The molecule has 0 bridgehead atoms. The highest BCUT2D eigenvalue weighted by Crippen LogP contribution is 2.43. The molecule has 4 rings (SSSR count). The number of rotatable bonds is 4. The van der Waals surface area contributed by atoms with Crippen LogP contribution in [-0.4, -0.2) is 30.5 Å². The molecule has 0 unspecified atom stereocenters.